The minimum Gasteiger partial charge on any atom is -0.338 e. The molecule has 1 saturated heterocycles. The number of hydrogen-bond donors (Lipinski definition) is 1. The highest BCUT2D eigenvalue weighted by Gasteiger charge is 2.37. The summed E-state index contributed by atoms with van der Waals surface area (Å²) in [7, 11) is 0. The normalized spacial score (nSPS) is 21.0. The highest BCUT2D eigenvalue weighted by atomic mass is 35.5. The number of nitrogens with zero attached hydrogens (tertiary/aromatic N) is 2. The highest BCUT2D eigenvalue weighted by Crippen LogP contribution is 2.33. The minimum atomic E-state index is -0.586. The van der Waals surface area contributed by atoms with Gasteiger partial charge in [-0.1, -0.05) is 24.6 Å². The summed E-state index contributed by atoms with van der Waals surface area (Å²) in [5.41, 5.74) is 5.27. The average molecular weight is 334 g/mol. The topological polar surface area (TPSA) is 89.5 Å². The zero-order chi connectivity index (χ0) is 14.9. The molecule has 1 atom stereocenters. The second kappa shape index (κ2) is 6.60. The third-order valence-electron chi connectivity index (χ3n) is 3.74. The van der Waals surface area contributed by atoms with Crippen molar-refractivity contribution in [1.29, 1.82) is 0 Å². The van der Waals surface area contributed by atoms with Gasteiger partial charge in [0.1, 0.15) is 5.56 Å². The van der Waals surface area contributed by atoms with Crippen molar-refractivity contribution >= 4 is 35.6 Å². The van der Waals surface area contributed by atoms with Gasteiger partial charge in [-0.3, -0.25) is 14.9 Å². The maximum absolute atomic E-state index is 12.5. The van der Waals surface area contributed by atoms with E-state index < -0.39 is 10.8 Å². The Bertz CT molecular complexity index is 568. The van der Waals surface area contributed by atoms with Gasteiger partial charge in [-0.15, -0.1) is 12.4 Å². The molecular formula is C13H17Cl2N3O3. The van der Waals surface area contributed by atoms with Crippen molar-refractivity contribution in [2.45, 2.75) is 13.3 Å². The maximum atomic E-state index is 12.5. The van der Waals surface area contributed by atoms with Gasteiger partial charge in [0.2, 0.25) is 0 Å². The monoisotopic (exact) mass is 333 g/mol. The van der Waals surface area contributed by atoms with E-state index in [9.17, 15) is 14.9 Å². The predicted molar refractivity (Wildman–Crippen MR) is 83.0 cm³/mol. The summed E-state index contributed by atoms with van der Waals surface area (Å²) in [4.78, 5) is 24.5. The molecule has 116 valence electrons. The molecule has 2 rings (SSSR count). The number of benzene rings is 1. The van der Waals surface area contributed by atoms with Crippen LogP contribution in [0.1, 0.15) is 23.7 Å². The van der Waals surface area contributed by atoms with Crippen LogP contribution >= 0.6 is 24.0 Å². The smallest absolute Gasteiger partial charge is 0.283 e. The zero-order valence-corrected chi connectivity index (χ0v) is 13.1. The van der Waals surface area contributed by atoms with Crippen LogP contribution in [0.5, 0.6) is 0 Å². The number of nitro benzene ring substituents is 1. The summed E-state index contributed by atoms with van der Waals surface area (Å²) in [6, 6.07) is 4.24. The molecule has 1 amide bonds. The Morgan fingerprint density at radius 3 is 2.76 bits per heavy atom. The third-order valence-corrected chi connectivity index (χ3v) is 4.06. The van der Waals surface area contributed by atoms with Gasteiger partial charge in [-0.05, 0) is 24.4 Å². The molecule has 0 aromatic heterocycles. The van der Waals surface area contributed by atoms with Crippen molar-refractivity contribution in [3.63, 3.8) is 0 Å². The summed E-state index contributed by atoms with van der Waals surface area (Å²) in [6.45, 7) is 3.50. The molecule has 21 heavy (non-hydrogen) atoms. The molecule has 1 aliphatic rings. The molecule has 0 radical (unpaired) electrons. The fourth-order valence-electron chi connectivity index (χ4n) is 2.40. The number of nitrogens with two attached hydrogens (primary N) is 1. The molecule has 0 spiro atoms. The molecule has 6 nitrogen and oxygen atoms in total. The van der Waals surface area contributed by atoms with Crippen LogP contribution in [0.3, 0.4) is 0 Å². The molecule has 0 saturated carbocycles. The lowest BCUT2D eigenvalue weighted by Gasteiger charge is -2.22. The van der Waals surface area contributed by atoms with Gasteiger partial charge >= 0.3 is 0 Å². The van der Waals surface area contributed by atoms with E-state index in [1.165, 1.54) is 18.2 Å². The Balaban J connectivity index is 0.00000220. The SMILES string of the molecule is CC1(CN)CCN(C(=O)c2c(Cl)cccc2[N+](=O)[O-])C1.Cl. The van der Waals surface area contributed by atoms with Gasteiger partial charge in [-0.2, -0.15) is 0 Å². The van der Waals surface area contributed by atoms with E-state index in [2.05, 4.69) is 0 Å². The van der Waals surface area contributed by atoms with E-state index in [0.717, 1.165) is 6.42 Å². The number of likely N-dealkylation sites (tertiary alicyclic amines) is 1. The number of rotatable bonds is 3. The molecular weight excluding hydrogens is 317 g/mol. The fraction of sp³-hybridized carbons (Fsp3) is 0.462. The van der Waals surface area contributed by atoms with E-state index in [-0.39, 0.29) is 34.1 Å². The molecule has 1 fully saturated rings. The van der Waals surface area contributed by atoms with E-state index in [0.29, 0.717) is 19.6 Å². The lowest BCUT2D eigenvalue weighted by molar-refractivity contribution is -0.385. The van der Waals surface area contributed by atoms with E-state index in [1.807, 2.05) is 6.92 Å². The van der Waals surface area contributed by atoms with Crippen LogP contribution < -0.4 is 5.73 Å². The Morgan fingerprint density at radius 2 is 2.24 bits per heavy atom. The van der Waals surface area contributed by atoms with Crippen LogP contribution in [0.2, 0.25) is 5.02 Å². The van der Waals surface area contributed by atoms with Crippen molar-refractivity contribution in [1.82, 2.24) is 4.90 Å². The Hall–Kier alpha value is -1.37. The fourth-order valence-corrected chi connectivity index (χ4v) is 2.65. The number of amides is 1. The largest absolute Gasteiger partial charge is 0.338 e. The number of halogens is 2. The van der Waals surface area contributed by atoms with E-state index >= 15 is 0 Å². The number of hydrogen-bond acceptors (Lipinski definition) is 4. The van der Waals surface area contributed by atoms with E-state index in [1.54, 1.807) is 4.90 Å². The number of carbonyl (C=O) groups excluding carboxylic acids is 1. The molecule has 2 N–H and O–H groups in total. The first-order valence-electron chi connectivity index (χ1n) is 6.30. The van der Waals surface area contributed by atoms with Crippen molar-refractivity contribution in [2.24, 2.45) is 11.1 Å². The van der Waals surface area contributed by atoms with Crippen LogP contribution in [-0.4, -0.2) is 35.4 Å². The first-order valence-corrected chi connectivity index (χ1v) is 6.68. The van der Waals surface area contributed by atoms with Crippen LogP contribution in [0.4, 0.5) is 5.69 Å². The quantitative estimate of drug-likeness (QED) is 0.679. The van der Waals surface area contributed by atoms with Gasteiger partial charge < -0.3 is 10.6 Å². The first kappa shape index (κ1) is 17.7. The van der Waals surface area contributed by atoms with Crippen LogP contribution in [-0.2, 0) is 0 Å². The molecule has 1 aromatic rings. The third kappa shape index (κ3) is 3.45. The van der Waals surface area contributed by atoms with Gasteiger partial charge in [-0.25, -0.2) is 0 Å². The van der Waals surface area contributed by atoms with Gasteiger partial charge in [0.05, 0.1) is 9.95 Å². The Morgan fingerprint density at radius 1 is 1.57 bits per heavy atom. The van der Waals surface area contributed by atoms with Gasteiger partial charge in [0, 0.05) is 19.2 Å². The Kier molecular flexibility index (Phi) is 5.55. The number of carbonyl (C=O) groups is 1. The lowest BCUT2D eigenvalue weighted by Crippen LogP contribution is -2.34. The van der Waals surface area contributed by atoms with Crippen molar-refractivity contribution in [2.75, 3.05) is 19.6 Å². The highest BCUT2D eigenvalue weighted by molar-refractivity contribution is 6.34. The molecule has 8 heteroatoms. The molecule has 1 aromatic carbocycles. The molecule has 0 bridgehead atoms. The van der Waals surface area contributed by atoms with Crippen LogP contribution in [0.25, 0.3) is 0 Å². The number of nitro groups is 1. The van der Waals surface area contributed by atoms with Crippen LogP contribution in [0.15, 0.2) is 18.2 Å². The van der Waals surface area contributed by atoms with Gasteiger partial charge in [0.15, 0.2) is 0 Å². The molecule has 1 aliphatic heterocycles. The molecule has 0 aliphatic carbocycles. The van der Waals surface area contributed by atoms with Crippen molar-refractivity contribution in [3.05, 3.63) is 38.9 Å². The summed E-state index contributed by atoms with van der Waals surface area (Å²) in [6.07, 6.45) is 0.785. The van der Waals surface area contributed by atoms with Crippen LogP contribution in [0, 0.1) is 15.5 Å². The first-order chi connectivity index (χ1) is 9.38. The van der Waals surface area contributed by atoms with Crippen molar-refractivity contribution < 1.29 is 9.72 Å². The predicted octanol–water partition coefficient (Wildman–Crippen LogP) is 2.48. The van der Waals surface area contributed by atoms with Crippen molar-refractivity contribution in [3.8, 4) is 0 Å². The minimum absolute atomic E-state index is 0. The molecule has 1 unspecified atom stereocenters. The standard InChI is InChI=1S/C13H16ClN3O3.ClH/c1-13(7-15)5-6-16(8-13)12(18)11-9(14)3-2-4-10(11)17(19)20;/h2-4H,5-8,15H2,1H3;1H. The zero-order valence-electron chi connectivity index (χ0n) is 11.5. The maximum Gasteiger partial charge on any atom is 0.283 e. The second-order valence-corrected chi connectivity index (χ2v) is 5.79. The summed E-state index contributed by atoms with van der Waals surface area (Å²) < 4.78 is 0. The molecule has 1 heterocycles. The second-order valence-electron chi connectivity index (χ2n) is 5.38. The van der Waals surface area contributed by atoms with E-state index in [4.69, 9.17) is 17.3 Å². The summed E-state index contributed by atoms with van der Waals surface area (Å²) >= 11 is 5.98. The summed E-state index contributed by atoms with van der Waals surface area (Å²) in [5.74, 6) is -0.403. The average Bonchev–Trinajstić information content (AvgIpc) is 2.81. The lowest BCUT2D eigenvalue weighted by atomic mass is 9.90. The summed E-state index contributed by atoms with van der Waals surface area (Å²) in [5, 5.41) is 11.1. The van der Waals surface area contributed by atoms with Gasteiger partial charge in [0.25, 0.3) is 11.6 Å². The Labute approximate surface area is 133 Å².